The molecule has 0 aromatic heterocycles. The Hall–Kier alpha value is -1.91. The zero-order valence-corrected chi connectivity index (χ0v) is 12.4. The fraction of sp³-hybridized carbons (Fsp3) is 0.0714. The molecular formula is C14H11ClN2O3S. The first-order chi connectivity index (χ1) is 10.0. The molecule has 2 aromatic carbocycles. The third kappa shape index (κ3) is 4.03. The van der Waals surface area contributed by atoms with Crippen LogP contribution in [-0.4, -0.2) is 8.42 Å². The lowest BCUT2D eigenvalue weighted by Gasteiger charge is -2.08. The minimum Gasteiger partial charge on any atom is -0.282 e. The van der Waals surface area contributed by atoms with Crippen molar-refractivity contribution in [2.24, 2.45) is 0 Å². The van der Waals surface area contributed by atoms with E-state index in [0.29, 0.717) is 0 Å². The number of rotatable bonds is 5. The van der Waals surface area contributed by atoms with Crippen molar-refractivity contribution in [2.45, 2.75) is 11.5 Å². The van der Waals surface area contributed by atoms with E-state index >= 15 is 0 Å². The van der Waals surface area contributed by atoms with Crippen LogP contribution in [0.1, 0.15) is 11.1 Å². The number of nitrogens with one attached hydrogen (secondary N) is 1. The van der Waals surface area contributed by atoms with Gasteiger partial charge in [-0.15, -0.1) is 0 Å². The average molecular weight is 323 g/mol. The molecule has 0 aliphatic rings. The van der Waals surface area contributed by atoms with Crippen LogP contribution in [0.2, 0.25) is 5.02 Å². The summed E-state index contributed by atoms with van der Waals surface area (Å²) in [4.78, 5) is 6.94. The first-order valence-corrected chi connectivity index (χ1v) is 7.76. The van der Waals surface area contributed by atoms with Gasteiger partial charge in [0.1, 0.15) is 6.07 Å². The lowest BCUT2D eigenvalue weighted by molar-refractivity contribution is 0.0795. The van der Waals surface area contributed by atoms with E-state index in [0.717, 1.165) is 5.56 Å². The van der Waals surface area contributed by atoms with Gasteiger partial charge in [0.25, 0.3) is 10.0 Å². The quantitative estimate of drug-likeness (QED) is 0.858. The number of nitriles is 1. The Morgan fingerprint density at radius 3 is 2.52 bits per heavy atom. The Morgan fingerprint density at radius 1 is 1.19 bits per heavy atom. The van der Waals surface area contributed by atoms with Crippen LogP contribution in [-0.2, 0) is 21.5 Å². The summed E-state index contributed by atoms with van der Waals surface area (Å²) in [6.07, 6.45) is 0. The van der Waals surface area contributed by atoms with Crippen molar-refractivity contribution < 1.29 is 13.3 Å². The predicted octanol–water partition coefficient (Wildman–Crippen LogP) is 2.62. The van der Waals surface area contributed by atoms with Gasteiger partial charge < -0.3 is 0 Å². The van der Waals surface area contributed by atoms with Gasteiger partial charge in [-0.2, -0.15) is 5.26 Å². The summed E-state index contributed by atoms with van der Waals surface area (Å²) >= 11 is 5.81. The summed E-state index contributed by atoms with van der Waals surface area (Å²) < 4.78 is 24.0. The van der Waals surface area contributed by atoms with Crippen molar-refractivity contribution >= 4 is 21.6 Å². The van der Waals surface area contributed by atoms with Gasteiger partial charge in [-0.1, -0.05) is 46.8 Å². The van der Waals surface area contributed by atoms with Gasteiger partial charge in [-0.25, -0.2) is 8.42 Å². The minimum absolute atomic E-state index is 0.0699. The molecule has 0 atom stereocenters. The molecule has 7 heteroatoms. The minimum atomic E-state index is -3.84. The highest BCUT2D eigenvalue weighted by Crippen LogP contribution is 2.20. The lowest BCUT2D eigenvalue weighted by atomic mass is 10.2. The molecule has 0 fully saturated rings. The lowest BCUT2D eigenvalue weighted by Crippen LogP contribution is -2.24. The molecule has 0 aliphatic carbocycles. The Kier molecular flexibility index (Phi) is 4.94. The number of hydrogen-bond acceptors (Lipinski definition) is 4. The van der Waals surface area contributed by atoms with E-state index in [2.05, 4.69) is 0 Å². The Labute approximate surface area is 127 Å². The van der Waals surface area contributed by atoms with Gasteiger partial charge in [0, 0.05) is 0 Å². The molecule has 0 radical (unpaired) electrons. The molecule has 1 N–H and O–H groups in total. The average Bonchev–Trinajstić information content (AvgIpc) is 2.48. The van der Waals surface area contributed by atoms with Gasteiger partial charge in [0.2, 0.25) is 0 Å². The monoisotopic (exact) mass is 322 g/mol. The van der Waals surface area contributed by atoms with Crippen molar-refractivity contribution in [3.8, 4) is 6.07 Å². The third-order valence-electron chi connectivity index (χ3n) is 2.62. The van der Waals surface area contributed by atoms with Crippen molar-refractivity contribution in [2.75, 3.05) is 0 Å². The highest BCUT2D eigenvalue weighted by Gasteiger charge is 2.16. The molecule has 21 heavy (non-hydrogen) atoms. The maximum absolute atomic E-state index is 12.0. The van der Waals surface area contributed by atoms with E-state index in [4.69, 9.17) is 21.7 Å². The van der Waals surface area contributed by atoms with Crippen molar-refractivity contribution in [1.29, 1.82) is 5.26 Å². The fourth-order valence-electron chi connectivity index (χ4n) is 1.57. The number of hydrogen-bond donors (Lipinski definition) is 1. The zero-order valence-electron chi connectivity index (χ0n) is 10.8. The topological polar surface area (TPSA) is 79.2 Å². The molecule has 0 aliphatic heterocycles. The van der Waals surface area contributed by atoms with Gasteiger partial charge in [-0.3, -0.25) is 4.84 Å². The van der Waals surface area contributed by atoms with Gasteiger partial charge in [0.05, 0.1) is 22.1 Å². The van der Waals surface area contributed by atoms with E-state index in [1.54, 1.807) is 0 Å². The maximum atomic E-state index is 12.0. The first kappa shape index (κ1) is 15.5. The van der Waals surface area contributed by atoms with Gasteiger partial charge in [-0.05, 0) is 23.8 Å². The zero-order chi connectivity index (χ0) is 15.3. The third-order valence-corrected chi connectivity index (χ3v) is 4.15. The SMILES string of the molecule is N#Cc1ccc(S(=O)(=O)NOCc2ccccc2)cc1Cl. The van der Waals surface area contributed by atoms with Crippen LogP contribution in [0.4, 0.5) is 0 Å². The Morgan fingerprint density at radius 2 is 1.90 bits per heavy atom. The molecule has 108 valence electrons. The molecule has 0 unspecified atom stereocenters. The fourth-order valence-corrected chi connectivity index (χ4v) is 2.68. The normalized spacial score (nSPS) is 11.0. The highest BCUT2D eigenvalue weighted by molar-refractivity contribution is 7.89. The second-order valence-corrected chi connectivity index (χ2v) is 6.17. The van der Waals surface area contributed by atoms with Gasteiger partial charge in [0.15, 0.2) is 0 Å². The van der Waals surface area contributed by atoms with Crippen LogP contribution in [0, 0.1) is 11.3 Å². The molecule has 2 rings (SSSR count). The molecule has 0 heterocycles. The number of nitrogens with zero attached hydrogens (tertiary/aromatic N) is 1. The van der Waals surface area contributed by atoms with Crippen LogP contribution in [0.5, 0.6) is 0 Å². The second kappa shape index (κ2) is 6.70. The van der Waals surface area contributed by atoms with Crippen molar-refractivity contribution in [3.05, 3.63) is 64.7 Å². The number of halogens is 1. The van der Waals surface area contributed by atoms with Crippen LogP contribution < -0.4 is 4.89 Å². The van der Waals surface area contributed by atoms with E-state index in [1.807, 2.05) is 41.3 Å². The van der Waals surface area contributed by atoms with Crippen LogP contribution in [0.25, 0.3) is 0 Å². The maximum Gasteiger partial charge on any atom is 0.262 e. The highest BCUT2D eigenvalue weighted by atomic mass is 35.5. The summed E-state index contributed by atoms with van der Waals surface area (Å²) in [5.41, 5.74) is 1.04. The Bertz CT molecular complexity index is 771. The molecule has 2 aromatic rings. The van der Waals surface area contributed by atoms with Gasteiger partial charge >= 0.3 is 0 Å². The Balaban J connectivity index is 2.05. The molecule has 0 amide bonds. The standard InChI is InChI=1S/C14H11ClN2O3S/c15-14-8-13(7-6-12(14)9-16)21(18,19)17-20-10-11-4-2-1-3-5-11/h1-8,17H,10H2. The molecule has 0 spiro atoms. The molecule has 0 saturated carbocycles. The largest absolute Gasteiger partial charge is 0.282 e. The predicted molar refractivity (Wildman–Crippen MR) is 77.7 cm³/mol. The summed E-state index contributed by atoms with van der Waals surface area (Å²) in [6.45, 7) is 0.101. The molecule has 0 bridgehead atoms. The van der Waals surface area contributed by atoms with E-state index in [-0.39, 0.29) is 22.1 Å². The van der Waals surface area contributed by atoms with Crippen LogP contribution in [0.3, 0.4) is 0 Å². The van der Waals surface area contributed by atoms with E-state index in [9.17, 15) is 8.42 Å². The summed E-state index contributed by atoms with van der Waals surface area (Å²) in [6, 6.07) is 14.8. The van der Waals surface area contributed by atoms with Crippen LogP contribution in [0.15, 0.2) is 53.4 Å². The second-order valence-electron chi connectivity index (χ2n) is 4.11. The van der Waals surface area contributed by atoms with Crippen LogP contribution >= 0.6 is 11.6 Å². The molecule has 5 nitrogen and oxygen atoms in total. The van der Waals surface area contributed by atoms with Crippen molar-refractivity contribution in [3.63, 3.8) is 0 Å². The number of sulfonamides is 1. The first-order valence-electron chi connectivity index (χ1n) is 5.90. The molecular weight excluding hydrogens is 312 g/mol. The van der Waals surface area contributed by atoms with E-state index in [1.165, 1.54) is 18.2 Å². The van der Waals surface area contributed by atoms with E-state index < -0.39 is 10.0 Å². The summed E-state index contributed by atoms with van der Waals surface area (Å²) in [7, 11) is -3.84. The number of benzene rings is 2. The summed E-state index contributed by atoms with van der Waals surface area (Å²) in [5, 5.41) is 8.83. The summed E-state index contributed by atoms with van der Waals surface area (Å²) in [5.74, 6) is 0. The smallest absolute Gasteiger partial charge is 0.262 e. The van der Waals surface area contributed by atoms with Crippen molar-refractivity contribution in [1.82, 2.24) is 4.89 Å². The molecule has 0 saturated heterocycles.